The fourth-order valence-corrected chi connectivity index (χ4v) is 2.86. The third-order valence-corrected chi connectivity index (χ3v) is 4.35. The number of fused-ring (bicyclic) bond motifs is 1. The molecule has 0 radical (unpaired) electrons. The second-order valence-corrected chi connectivity index (χ2v) is 6.30. The predicted octanol–water partition coefficient (Wildman–Crippen LogP) is 3.17. The standard InChI is InChI=1S/C17H13BrN2O7/c1-25-17(22)10-4-9(5-11(6-10)20(23)24)16(21)19-13-8-15-14(7-12(13)18)26-2-3-27-15/h4-8H,2-3H2,1H3,(H,19,21). The van der Waals surface area contributed by atoms with Gasteiger partial charge in [-0.05, 0) is 22.0 Å². The fourth-order valence-electron chi connectivity index (χ4n) is 2.44. The molecule has 0 saturated heterocycles. The highest BCUT2D eigenvalue weighted by atomic mass is 79.9. The van der Waals surface area contributed by atoms with Crippen LogP contribution in [-0.2, 0) is 4.74 Å². The second kappa shape index (κ2) is 7.62. The van der Waals surface area contributed by atoms with Crippen LogP contribution >= 0.6 is 15.9 Å². The van der Waals surface area contributed by atoms with E-state index in [9.17, 15) is 19.7 Å². The molecule has 1 N–H and O–H groups in total. The summed E-state index contributed by atoms with van der Waals surface area (Å²) in [5, 5.41) is 13.7. The van der Waals surface area contributed by atoms with Crippen molar-refractivity contribution in [2.24, 2.45) is 0 Å². The van der Waals surface area contributed by atoms with E-state index in [2.05, 4.69) is 26.0 Å². The van der Waals surface area contributed by atoms with Gasteiger partial charge in [0.2, 0.25) is 0 Å². The van der Waals surface area contributed by atoms with Gasteiger partial charge in [0.25, 0.3) is 11.6 Å². The number of nitrogens with zero attached hydrogens (tertiary/aromatic N) is 1. The monoisotopic (exact) mass is 436 g/mol. The number of non-ortho nitro benzene ring substituents is 1. The molecule has 1 aliphatic heterocycles. The highest BCUT2D eigenvalue weighted by molar-refractivity contribution is 9.10. The Morgan fingerprint density at radius 2 is 1.74 bits per heavy atom. The van der Waals surface area contributed by atoms with Gasteiger partial charge < -0.3 is 19.5 Å². The first-order valence-electron chi connectivity index (χ1n) is 7.67. The molecule has 1 aliphatic rings. The molecule has 10 heteroatoms. The van der Waals surface area contributed by atoms with E-state index >= 15 is 0 Å². The summed E-state index contributed by atoms with van der Waals surface area (Å²) in [6.07, 6.45) is 0. The van der Waals surface area contributed by atoms with Crippen molar-refractivity contribution in [3.63, 3.8) is 0 Å². The van der Waals surface area contributed by atoms with E-state index in [1.54, 1.807) is 12.1 Å². The van der Waals surface area contributed by atoms with E-state index in [1.165, 1.54) is 6.07 Å². The smallest absolute Gasteiger partial charge is 0.338 e. The quantitative estimate of drug-likeness (QED) is 0.444. The number of rotatable bonds is 4. The number of carbonyl (C=O) groups is 2. The lowest BCUT2D eigenvalue weighted by molar-refractivity contribution is -0.384. The Labute approximate surface area is 161 Å². The first-order valence-corrected chi connectivity index (χ1v) is 8.46. The lowest BCUT2D eigenvalue weighted by Gasteiger charge is -2.20. The zero-order valence-electron chi connectivity index (χ0n) is 14.0. The molecule has 1 amide bonds. The zero-order valence-corrected chi connectivity index (χ0v) is 15.6. The molecule has 0 bridgehead atoms. The number of carbonyl (C=O) groups excluding carboxylic acids is 2. The fraction of sp³-hybridized carbons (Fsp3) is 0.176. The van der Waals surface area contributed by atoms with Crippen molar-refractivity contribution in [1.82, 2.24) is 0 Å². The van der Waals surface area contributed by atoms with Gasteiger partial charge in [-0.15, -0.1) is 0 Å². The molecule has 0 atom stereocenters. The largest absolute Gasteiger partial charge is 0.486 e. The lowest BCUT2D eigenvalue weighted by Crippen LogP contribution is -2.17. The van der Waals surface area contributed by atoms with Gasteiger partial charge in [-0.1, -0.05) is 0 Å². The number of benzene rings is 2. The topological polar surface area (TPSA) is 117 Å². The van der Waals surface area contributed by atoms with Crippen LogP contribution in [0.25, 0.3) is 0 Å². The number of methoxy groups -OCH3 is 1. The molecule has 3 rings (SSSR count). The van der Waals surface area contributed by atoms with Crippen LogP contribution in [0.15, 0.2) is 34.8 Å². The SMILES string of the molecule is COC(=O)c1cc(C(=O)Nc2cc3c(cc2Br)OCCO3)cc([N+](=O)[O-])c1. The van der Waals surface area contributed by atoms with E-state index in [0.29, 0.717) is 34.9 Å². The van der Waals surface area contributed by atoms with Crippen LogP contribution in [0.1, 0.15) is 20.7 Å². The Bertz CT molecular complexity index is 945. The Morgan fingerprint density at radius 3 is 2.37 bits per heavy atom. The number of amides is 1. The molecule has 0 unspecified atom stereocenters. The summed E-state index contributed by atoms with van der Waals surface area (Å²) in [6.45, 7) is 0.810. The van der Waals surface area contributed by atoms with E-state index in [0.717, 1.165) is 19.2 Å². The number of hydrogen-bond donors (Lipinski definition) is 1. The molecular weight excluding hydrogens is 424 g/mol. The van der Waals surface area contributed by atoms with Crippen molar-refractivity contribution in [1.29, 1.82) is 0 Å². The second-order valence-electron chi connectivity index (χ2n) is 5.45. The van der Waals surface area contributed by atoms with E-state index in [1.807, 2.05) is 0 Å². The van der Waals surface area contributed by atoms with Crippen molar-refractivity contribution in [3.05, 3.63) is 56.0 Å². The molecule has 9 nitrogen and oxygen atoms in total. The van der Waals surface area contributed by atoms with E-state index < -0.39 is 22.5 Å². The van der Waals surface area contributed by atoms with Crippen LogP contribution in [0, 0.1) is 10.1 Å². The van der Waals surface area contributed by atoms with Crippen LogP contribution in [-0.4, -0.2) is 37.1 Å². The molecular formula is C17H13BrN2O7. The van der Waals surface area contributed by atoms with Crippen LogP contribution in [0.4, 0.5) is 11.4 Å². The molecule has 2 aromatic rings. The van der Waals surface area contributed by atoms with Crippen LogP contribution < -0.4 is 14.8 Å². The maximum Gasteiger partial charge on any atom is 0.338 e. The van der Waals surface area contributed by atoms with Gasteiger partial charge in [0, 0.05) is 34.3 Å². The van der Waals surface area contributed by atoms with Crippen molar-refractivity contribution < 1.29 is 28.7 Å². The number of nitrogens with one attached hydrogen (secondary N) is 1. The molecule has 0 aromatic heterocycles. The maximum atomic E-state index is 12.6. The van der Waals surface area contributed by atoms with Crippen LogP contribution in [0.3, 0.4) is 0 Å². The van der Waals surface area contributed by atoms with Gasteiger partial charge in [0.05, 0.1) is 23.3 Å². The van der Waals surface area contributed by atoms with Gasteiger partial charge >= 0.3 is 5.97 Å². The van der Waals surface area contributed by atoms with E-state index in [-0.39, 0.29) is 11.1 Å². The normalized spacial score (nSPS) is 12.2. The highest BCUT2D eigenvalue weighted by Crippen LogP contribution is 2.38. The van der Waals surface area contributed by atoms with Crippen molar-refractivity contribution >= 4 is 39.2 Å². The number of nitro groups is 1. The number of halogens is 1. The number of hydrogen-bond acceptors (Lipinski definition) is 7. The maximum absolute atomic E-state index is 12.6. The van der Waals surface area contributed by atoms with E-state index in [4.69, 9.17) is 9.47 Å². The number of ether oxygens (including phenoxy) is 3. The molecule has 140 valence electrons. The molecule has 1 heterocycles. The predicted molar refractivity (Wildman–Crippen MR) is 97.5 cm³/mol. The summed E-state index contributed by atoms with van der Waals surface area (Å²) < 4.78 is 16.0. The summed E-state index contributed by atoms with van der Waals surface area (Å²) in [7, 11) is 1.15. The Hall–Kier alpha value is -3.14. The summed E-state index contributed by atoms with van der Waals surface area (Å²) in [4.78, 5) is 34.7. The summed E-state index contributed by atoms with van der Waals surface area (Å²) in [6, 6.07) is 6.57. The Kier molecular flexibility index (Phi) is 5.26. The minimum Gasteiger partial charge on any atom is -0.486 e. The molecule has 27 heavy (non-hydrogen) atoms. The summed E-state index contributed by atoms with van der Waals surface area (Å²) >= 11 is 3.33. The van der Waals surface area contributed by atoms with Crippen LogP contribution in [0.2, 0.25) is 0 Å². The molecule has 0 fully saturated rings. The Morgan fingerprint density at radius 1 is 1.11 bits per heavy atom. The lowest BCUT2D eigenvalue weighted by atomic mass is 10.1. The van der Waals surface area contributed by atoms with Crippen molar-refractivity contribution in [2.75, 3.05) is 25.6 Å². The van der Waals surface area contributed by atoms with Gasteiger partial charge in [0.15, 0.2) is 11.5 Å². The highest BCUT2D eigenvalue weighted by Gasteiger charge is 2.20. The summed E-state index contributed by atoms with van der Waals surface area (Å²) in [5.74, 6) is -0.419. The summed E-state index contributed by atoms with van der Waals surface area (Å²) in [5.41, 5.74) is -0.177. The minimum atomic E-state index is -0.784. The van der Waals surface area contributed by atoms with Gasteiger partial charge in [-0.3, -0.25) is 14.9 Å². The van der Waals surface area contributed by atoms with Gasteiger partial charge in [-0.2, -0.15) is 0 Å². The number of anilines is 1. The zero-order chi connectivity index (χ0) is 19.6. The minimum absolute atomic E-state index is 0.0635. The number of nitro benzene ring substituents is 1. The first-order chi connectivity index (χ1) is 12.9. The average molecular weight is 437 g/mol. The van der Waals surface area contributed by atoms with Crippen molar-refractivity contribution in [3.8, 4) is 11.5 Å². The van der Waals surface area contributed by atoms with Gasteiger partial charge in [-0.25, -0.2) is 4.79 Å². The molecule has 2 aromatic carbocycles. The molecule has 0 aliphatic carbocycles. The molecule has 0 saturated carbocycles. The van der Waals surface area contributed by atoms with Crippen LogP contribution in [0.5, 0.6) is 11.5 Å². The third-order valence-electron chi connectivity index (χ3n) is 3.69. The van der Waals surface area contributed by atoms with Crippen molar-refractivity contribution in [2.45, 2.75) is 0 Å². The third kappa shape index (κ3) is 4.00. The number of esters is 1. The average Bonchev–Trinajstić information content (AvgIpc) is 2.67. The van der Waals surface area contributed by atoms with Gasteiger partial charge in [0.1, 0.15) is 13.2 Å². The molecule has 0 spiro atoms. The first kappa shape index (κ1) is 18.6. The Balaban J connectivity index is 1.93.